The lowest BCUT2D eigenvalue weighted by molar-refractivity contribution is 0.0136. The summed E-state index contributed by atoms with van der Waals surface area (Å²) in [4.78, 5) is 0. The molecule has 1 saturated carbocycles. The molecule has 1 heteroatoms. The summed E-state index contributed by atoms with van der Waals surface area (Å²) in [6, 6.07) is 0. The number of rotatable bonds is 2. The normalized spacial score (nSPS) is 34.9. The predicted molar refractivity (Wildman–Crippen MR) is 77.5 cm³/mol. The molecule has 0 amide bonds. The fourth-order valence-electron chi connectivity index (χ4n) is 3.72. The Bertz CT molecular complexity index is 282. The molecule has 104 valence electrons. The van der Waals surface area contributed by atoms with Crippen molar-refractivity contribution in [1.29, 1.82) is 0 Å². The molecule has 2 rings (SSSR count). The molecule has 0 aliphatic heterocycles. The SMILES string of the molecule is CC(C)C1CCC(O)(C2=CCCCCCC2)CC1. The van der Waals surface area contributed by atoms with Crippen LogP contribution in [0.15, 0.2) is 11.6 Å². The van der Waals surface area contributed by atoms with Crippen molar-refractivity contribution in [2.24, 2.45) is 11.8 Å². The van der Waals surface area contributed by atoms with Gasteiger partial charge in [0.1, 0.15) is 0 Å². The maximum Gasteiger partial charge on any atom is 0.0857 e. The Hall–Kier alpha value is -0.300. The molecule has 0 aromatic carbocycles. The summed E-state index contributed by atoms with van der Waals surface area (Å²) in [7, 11) is 0. The number of aliphatic hydroxyl groups is 1. The van der Waals surface area contributed by atoms with Gasteiger partial charge in [-0.2, -0.15) is 0 Å². The molecule has 18 heavy (non-hydrogen) atoms. The van der Waals surface area contributed by atoms with E-state index in [1.54, 1.807) is 0 Å². The molecule has 0 heterocycles. The second kappa shape index (κ2) is 6.23. The topological polar surface area (TPSA) is 20.2 Å². The summed E-state index contributed by atoms with van der Waals surface area (Å²) in [6.45, 7) is 4.65. The van der Waals surface area contributed by atoms with Crippen molar-refractivity contribution in [3.8, 4) is 0 Å². The molecule has 1 fully saturated rings. The van der Waals surface area contributed by atoms with Crippen molar-refractivity contribution in [2.75, 3.05) is 0 Å². The molecule has 0 bridgehead atoms. The molecular weight excluding hydrogens is 220 g/mol. The fourth-order valence-corrected chi connectivity index (χ4v) is 3.72. The van der Waals surface area contributed by atoms with Crippen LogP contribution in [-0.2, 0) is 0 Å². The van der Waals surface area contributed by atoms with Gasteiger partial charge in [0.05, 0.1) is 5.60 Å². The van der Waals surface area contributed by atoms with Crippen LogP contribution in [0, 0.1) is 11.8 Å². The Morgan fingerprint density at radius 3 is 2.44 bits per heavy atom. The van der Waals surface area contributed by atoms with E-state index in [0.29, 0.717) is 0 Å². The minimum Gasteiger partial charge on any atom is -0.386 e. The molecule has 1 N–H and O–H groups in total. The monoisotopic (exact) mass is 250 g/mol. The largest absolute Gasteiger partial charge is 0.386 e. The lowest BCUT2D eigenvalue weighted by Gasteiger charge is -2.39. The van der Waals surface area contributed by atoms with Gasteiger partial charge in [-0.25, -0.2) is 0 Å². The van der Waals surface area contributed by atoms with Crippen LogP contribution in [0.25, 0.3) is 0 Å². The summed E-state index contributed by atoms with van der Waals surface area (Å²) < 4.78 is 0. The Morgan fingerprint density at radius 1 is 1.11 bits per heavy atom. The van der Waals surface area contributed by atoms with E-state index in [4.69, 9.17) is 0 Å². The van der Waals surface area contributed by atoms with Crippen LogP contribution in [-0.4, -0.2) is 10.7 Å². The maximum absolute atomic E-state index is 10.9. The molecule has 0 unspecified atom stereocenters. The third-order valence-corrected chi connectivity index (χ3v) is 5.19. The molecule has 0 aromatic rings. The van der Waals surface area contributed by atoms with Crippen molar-refractivity contribution < 1.29 is 5.11 Å². The van der Waals surface area contributed by atoms with Gasteiger partial charge in [-0.1, -0.05) is 32.8 Å². The van der Waals surface area contributed by atoms with E-state index in [1.165, 1.54) is 50.5 Å². The second-order valence-corrected chi connectivity index (χ2v) is 6.80. The first-order valence-corrected chi connectivity index (χ1v) is 8.04. The minimum absolute atomic E-state index is 0.442. The first kappa shape index (κ1) is 14.1. The maximum atomic E-state index is 10.9. The summed E-state index contributed by atoms with van der Waals surface area (Å²) >= 11 is 0. The third kappa shape index (κ3) is 3.38. The highest BCUT2D eigenvalue weighted by molar-refractivity contribution is 5.18. The van der Waals surface area contributed by atoms with Gasteiger partial charge in [0.15, 0.2) is 0 Å². The van der Waals surface area contributed by atoms with Gasteiger partial charge in [-0.15, -0.1) is 0 Å². The molecule has 1 nitrogen and oxygen atoms in total. The first-order chi connectivity index (χ1) is 8.62. The average molecular weight is 250 g/mol. The summed E-state index contributed by atoms with van der Waals surface area (Å²) in [5.41, 5.74) is 0.937. The van der Waals surface area contributed by atoms with Crippen LogP contribution in [0.3, 0.4) is 0 Å². The van der Waals surface area contributed by atoms with E-state index < -0.39 is 5.60 Å². The summed E-state index contributed by atoms with van der Waals surface area (Å²) in [5.74, 6) is 1.61. The molecule has 2 aliphatic rings. The van der Waals surface area contributed by atoms with E-state index in [0.717, 1.165) is 31.1 Å². The van der Waals surface area contributed by atoms with Crippen molar-refractivity contribution in [3.05, 3.63) is 11.6 Å². The second-order valence-electron chi connectivity index (χ2n) is 6.80. The summed E-state index contributed by atoms with van der Waals surface area (Å²) in [5, 5.41) is 10.9. The lowest BCUT2D eigenvalue weighted by atomic mass is 9.70. The van der Waals surface area contributed by atoms with Crippen LogP contribution in [0.5, 0.6) is 0 Å². The lowest BCUT2D eigenvalue weighted by Crippen LogP contribution is -2.37. The fraction of sp³-hybridized carbons (Fsp3) is 0.882. The van der Waals surface area contributed by atoms with Crippen molar-refractivity contribution >= 4 is 0 Å². The minimum atomic E-state index is -0.442. The zero-order valence-corrected chi connectivity index (χ0v) is 12.3. The van der Waals surface area contributed by atoms with Crippen LogP contribution in [0.1, 0.15) is 78.1 Å². The standard InChI is InChI=1S/C17H30O/c1-14(2)15-10-12-17(18,13-11-15)16-8-6-4-3-5-7-9-16/h8,14-15,18H,3-7,9-13H2,1-2H3. The van der Waals surface area contributed by atoms with E-state index >= 15 is 0 Å². The van der Waals surface area contributed by atoms with Crippen molar-refractivity contribution in [1.82, 2.24) is 0 Å². The molecule has 0 radical (unpaired) electrons. The highest BCUT2D eigenvalue weighted by Crippen LogP contribution is 2.41. The average Bonchev–Trinajstić information content (AvgIpc) is 2.28. The number of allylic oxidation sites excluding steroid dienone is 1. The highest BCUT2D eigenvalue weighted by atomic mass is 16.3. The van der Waals surface area contributed by atoms with Crippen LogP contribution >= 0.6 is 0 Å². The Balaban J connectivity index is 1.98. The number of hydrogen-bond acceptors (Lipinski definition) is 1. The van der Waals surface area contributed by atoms with Gasteiger partial charge in [0.25, 0.3) is 0 Å². The highest BCUT2D eigenvalue weighted by Gasteiger charge is 2.36. The van der Waals surface area contributed by atoms with Crippen molar-refractivity contribution in [2.45, 2.75) is 83.7 Å². The Labute approximate surface area is 113 Å². The van der Waals surface area contributed by atoms with Gasteiger partial charge in [-0.05, 0) is 68.8 Å². The van der Waals surface area contributed by atoms with Crippen molar-refractivity contribution in [3.63, 3.8) is 0 Å². The van der Waals surface area contributed by atoms with Crippen LogP contribution < -0.4 is 0 Å². The quantitative estimate of drug-likeness (QED) is 0.695. The van der Waals surface area contributed by atoms with E-state index in [9.17, 15) is 5.11 Å². The number of hydrogen-bond donors (Lipinski definition) is 1. The zero-order valence-electron chi connectivity index (χ0n) is 12.3. The molecule has 0 saturated heterocycles. The molecule has 0 aromatic heterocycles. The Kier molecular flexibility index (Phi) is 4.89. The van der Waals surface area contributed by atoms with Gasteiger partial charge in [0, 0.05) is 0 Å². The first-order valence-electron chi connectivity index (χ1n) is 8.04. The van der Waals surface area contributed by atoms with Gasteiger partial charge in [0.2, 0.25) is 0 Å². The third-order valence-electron chi connectivity index (χ3n) is 5.19. The summed E-state index contributed by atoms with van der Waals surface area (Å²) in [6.07, 6.45) is 14.4. The van der Waals surface area contributed by atoms with E-state index in [1.807, 2.05) is 0 Å². The predicted octanol–water partition coefficient (Wildman–Crippen LogP) is 4.84. The molecular formula is C17H30O. The molecule has 2 aliphatic carbocycles. The molecule has 0 atom stereocenters. The van der Waals surface area contributed by atoms with Crippen LogP contribution in [0.4, 0.5) is 0 Å². The van der Waals surface area contributed by atoms with Gasteiger partial charge < -0.3 is 5.11 Å². The van der Waals surface area contributed by atoms with Gasteiger partial charge >= 0.3 is 0 Å². The van der Waals surface area contributed by atoms with Crippen LogP contribution in [0.2, 0.25) is 0 Å². The smallest absolute Gasteiger partial charge is 0.0857 e. The van der Waals surface area contributed by atoms with E-state index in [-0.39, 0.29) is 0 Å². The van der Waals surface area contributed by atoms with Gasteiger partial charge in [-0.3, -0.25) is 0 Å². The zero-order chi connectivity index (χ0) is 13.0. The Morgan fingerprint density at radius 2 is 1.78 bits per heavy atom. The van der Waals surface area contributed by atoms with E-state index in [2.05, 4.69) is 19.9 Å². The molecule has 0 spiro atoms.